The quantitative estimate of drug-likeness (QED) is 0.425. The van der Waals surface area contributed by atoms with Gasteiger partial charge in [-0.05, 0) is 49.4 Å². The standard InChI is InChI=1S/C16H13ClN2O2/c1-10-15(9-18-21)14-8-11(17)2-7-16(14)19(10)12-3-5-13(20)6-4-12/h2-9,20-21H,1H3/b18-9+. The zero-order valence-corrected chi connectivity index (χ0v) is 12.0. The average molecular weight is 301 g/mol. The van der Waals surface area contributed by atoms with E-state index in [0.29, 0.717) is 5.02 Å². The summed E-state index contributed by atoms with van der Waals surface area (Å²) in [5, 5.41) is 23.0. The molecule has 0 saturated carbocycles. The number of nitrogens with zero attached hydrogens (tertiary/aromatic N) is 2. The highest BCUT2D eigenvalue weighted by Gasteiger charge is 2.14. The number of hydrogen-bond acceptors (Lipinski definition) is 3. The first-order valence-corrected chi connectivity index (χ1v) is 6.77. The van der Waals surface area contributed by atoms with Gasteiger partial charge in [0, 0.05) is 27.4 Å². The van der Waals surface area contributed by atoms with Gasteiger partial charge >= 0.3 is 0 Å². The van der Waals surface area contributed by atoms with Crippen LogP contribution < -0.4 is 0 Å². The van der Waals surface area contributed by atoms with Crippen LogP contribution >= 0.6 is 11.6 Å². The largest absolute Gasteiger partial charge is 0.508 e. The molecule has 1 aromatic heterocycles. The molecular weight excluding hydrogens is 288 g/mol. The van der Waals surface area contributed by atoms with Gasteiger partial charge in [0.15, 0.2) is 0 Å². The number of benzene rings is 2. The third-order valence-corrected chi connectivity index (χ3v) is 3.74. The molecule has 0 saturated heterocycles. The second-order valence-corrected chi connectivity index (χ2v) is 5.19. The molecule has 3 aromatic rings. The number of oxime groups is 1. The van der Waals surface area contributed by atoms with Gasteiger partial charge in [-0.2, -0.15) is 0 Å². The zero-order chi connectivity index (χ0) is 15.0. The van der Waals surface area contributed by atoms with Gasteiger partial charge in [0.25, 0.3) is 0 Å². The number of rotatable bonds is 2. The molecule has 0 aliphatic carbocycles. The van der Waals surface area contributed by atoms with E-state index in [-0.39, 0.29) is 5.75 Å². The lowest BCUT2D eigenvalue weighted by molar-refractivity contribution is 0.322. The summed E-state index contributed by atoms with van der Waals surface area (Å²) in [6.07, 6.45) is 1.41. The fraction of sp³-hybridized carbons (Fsp3) is 0.0625. The molecule has 2 aromatic carbocycles. The summed E-state index contributed by atoms with van der Waals surface area (Å²) in [5.74, 6) is 0.216. The molecule has 4 nitrogen and oxygen atoms in total. The van der Waals surface area contributed by atoms with E-state index < -0.39 is 0 Å². The van der Waals surface area contributed by atoms with Crippen molar-refractivity contribution < 1.29 is 10.3 Å². The zero-order valence-electron chi connectivity index (χ0n) is 11.3. The lowest BCUT2D eigenvalue weighted by Crippen LogP contribution is -1.97. The smallest absolute Gasteiger partial charge is 0.115 e. The van der Waals surface area contributed by atoms with Gasteiger partial charge in [-0.3, -0.25) is 0 Å². The number of phenolic OH excluding ortho intramolecular Hbond substituents is 1. The predicted molar refractivity (Wildman–Crippen MR) is 84.1 cm³/mol. The molecule has 0 spiro atoms. The van der Waals surface area contributed by atoms with Crippen LogP contribution in [-0.2, 0) is 0 Å². The summed E-state index contributed by atoms with van der Waals surface area (Å²) in [7, 11) is 0. The van der Waals surface area contributed by atoms with E-state index in [0.717, 1.165) is 27.8 Å². The predicted octanol–water partition coefficient (Wildman–Crippen LogP) is 4.11. The molecule has 0 aliphatic rings. The van der Waals surface area contributed by atoms with Crippen LogP contribution in [0.5, 0.6) is 5.75 Å². The minimum absolute atomic E-state index is 0.216. The summed E-state index contributed by atoms with van der Waals surface area (Å²) in [4.78, 5) is 0. The summed E-state index contributed by atoms with van der Waals surface area (Å²) < 4.78 is 2.03. The SMILES string of the molecule is Cc1c(/C=N/O)c2cc(Cl)ccc2n1-c1ccc(O)cc1. The molecule has 0 amide bonds. The van der Waals surface area contributed by atoms with Crippen LogP contribution in [0.3, 0.4) is 0 Å². The van der Waals surface area contributed by atoms with E-state index in [2.05, 4.69) is 5.16 Å². The average Bonchev–Trinajstić information content (AvgIpc) is 2.73. The van der Waals surface area contributed by atoms with Crippen LogP contribution in [0.1, 0.15) is 11.3 Å². The first kappa shape index (κ1) is 13.5. The van der Waals surface area contributed by atoms with E-state index >= 15 is 0 Å². The molecule has 0 aliphatic heterocycles. The Balaban J connectivity index is 2.37. The summed E-state index contributed by atoms with van der Waals surface area (Å²) in [6.45, 7) is 1.94. The molecule has 5 heteroatoms. The molecule has 21 heavy (non-hydrogen) atoms. The fourth-order valence-electron chi connectivity index (χ4n) is 2.57. The normalized spacial score (nSPS) is 11.5. The molecule has 0 atom stereocenters. The first-order chi connectivity index (χ1) is 10.1. The third kappa shape index (κ3) is 2.23. The van der Waals surface area contributed by atoms with Gasteiger partial charge in [-0.25, -0.2) is 0 Å². The number of phenols is 1. The maximum absolute atomic E-state index is 9.43. The molecule has 2 N–H and O–H groups in total. The highest BCUT2D eigenvalue weighted by Crippen LogP contribution is 2.30. The molecule has 106 valence electrons. The lowest BCUT2D eigenvalue weighted by atomic mass is 10.1. The number of aromatic nitrogens is 1. The van der Waals surface area contributed by atoms with Crippen molar-refractivity contribution in [2.24, 2.45) is 5.16 Å². The van der Waals surface area contributed by atoms with Gasteiger partial charge in [0.05, 0.1) is 11.7 Å². The first-order valence-electron chi connectivity index (χ1n) is 6.39. The highest BCUT2D eigenvalue weighted by molar-refractivity contribution is 6.31. The van der Waals surface area contributed by atoms with Crippen LogP contribution in [0.2, 0.25) is 5.02 Å². The van der Waals surface area contributed by atoms with Gasteiger partial charge in [0.1, 0.15) is 5.75 Å². The Labute approximate surface area is 126 Å². The molecule has 0 unspecified atom stereocenters. The van der Waals surface area contributed by atoms with Crippen LogP contribution in [0.15, 0.2) is 47.6 Å². The molecular formula is C16H13ClN2O2. The second-order valence-electron chi connectivity index (χ2n) is 4.76. The Kier molecular flexibility index (Phi) is 3.31. The van der Waals surface area contributed by atoms with Crippen molar-refractivity contribution in [3.63, 3.8) is 0 Å². The van der Waals surface area contributed by atoms with E-state index in [9.17, 15) is 5.11 Å². The number of hydrogen-bond donors (Lipinski definition) is 2. The molecule has 0 radical (unpaired) electrons. The summed E-state index contributed by atoms with van der Waals surface area (Å²) >= 11 is 6.07. The van der Waals surface area contributed by atoms with E-state index in [1.165, 1.54) is 6.21 Å². The molecule has 0 fully saturated rings. The minimum atomic E-state index is 0.216. The van der Waals surface area contributed by atoms with Gasteiger partial charge in [0.2, 0.25) is 0 Å². The van der Waals surface area contributed by atoms with Crippen molar-refractivity contribution in [2.45, 2.75) is 6.92 Å². The lowest BCUT2D eigenvalue weighted by Gasteiger charge is -2.08. The van der Waals surface area contributed by atoms with Crippen molar-refractivity contribution in [3.8, 4) is 11.4 Å². The van der Waals surface area contributed by atoms with Crippen LogP contribution in [0.4, 0.5) is 0 Å². The monoisotopic (exact) mass is 300 g/mol. The van der Waals surface area contributed by atoms with Crippen LogP contribution in [-0.4, -0.2) is 21.1 Å². The van der Waals surface area contributed by atoms with Crippen LogP contribution in [0, 0.1) is 6.92 Å². The van der Waals surface area contributed by atoms with E-state index in [1.54, 1.807) is 12.1 Å². The molecule has 0 bridgehead atoms. The van der Waals surface area contributed by atoms with Crippen LogP contribution in [0.25, 0.3) is 16.6 Å². The topological polar surface area (TPSA) is 57.8 Å². The maximum Gasteiger partial charge on any atom is 0.115 e. The molecule has 1 heterocycles. The fourth-order valence-corrected chi connectivity index (χ4v) is 2.74. The maximum atomic E-state index is 9.43. The minimum Gasteiger partial charge on any atom is -0.508 e. The van der Waals surface area contributed by atoms with Crippen molar-refractivity contribution in [3.05, 3.63) is 58.7 Å². The van der Waals surface area contributed by atoms with Crippen molar-refractivity contribution in [1.29, 1.82) is 0 Å². The van der Waals surface area contributed by atoms with Crippen molar-refractivity contribution in [1.82, 2.24) is 4.57 Å². The Bertz CT molecular complexity index is 836. The van der Waals surface area contributed by atoms with Crippen molar-refractivity contribution in [2.75, 3.05) is 0 Å². The van der Waals surface area contributed by atoms with Gasteiger partial charge in [-0.15, -0.1) is 0 Å². The number of halogens is 1. The number of aromatic hydroxyl groups is 1. The number of fused-ring (bicyclic) bond motifs is 1. The second kappa shape index (κ2) is 5.14. The Hall–Kier alpha value is -2.46. The van der Waals surface area contributed by atoms with Gasteiger partial charge < -0.3 is 14.9 Å². The highest BCUT2D eigenvalue weighted by atomic mass is 35.5. The third-order valence-electron chi connectivity index (χ3n) is 3.51. The Morgan fingerprint density at radius 2 is 1.86 bits per heavy atom. The van der Waals surface area contributed by atoms with Crippen molar-refractivity contribution >= 4 is 28.7 Å². The Morgan fingerprint density at radius 1 is 1.14 bits per heavy atom. The molecule has 3 rings (SSSR count). The Morgan fingerprint density at radius 3 is 2.52 bits per heavy atom. The van der Waals surface area contributed by atoms with Gasteiger partial charge in [-0.1, -0.05) is 16.8 Å². The summed E-state index contributed by atoms with van der Waals surface area (Å²) in [6, 6.07) is 12.5. The van der Waals surface area contributed by atoms with E-state index in [4.69, 9.17) is 16.8 Å². The van der Waals surface area contributed by atoms with E-state index in [1.807, 2.05) is 41.8 Å². The summed E-state index contributed by atoms with van der Waals surface area (Å²) in [5.41, 5.74) is 3.60.